The van der Waals surface area contributed by atoms with Crippen LogP contribution in [-0.4, -0.2) is 29.6 Å². The average molecular weight is 294 g/mol. The summed E-state index contributed by atoms with van der Waals surface area (Å²) in [4.78, 5) is 14.8. The Morgan fingerprint density at radius 2 is 2.10 bits per heavy atom. The first-order valence-electron chi connectivity index (χ1n) is 9.13. The van der Waals surface area contributed by atoms with Crippen LogP contribution >= 0.6 is 0 Å². The third-order valence-corrected chi connectivity index (χ3v) is 5.72. The van der Waals surface area contributed by atoms with Gasteiger partial charge in [0.25, 0.3) is 0 Å². The maximum absolute atomic E-state index is 12.7. The Balaban J connectivity index is 1.89. The molecule has 1 amide bonds. The summed E-state index contributed by atoms with van der Waals surface area (Å²) >= 11 is 0. The highest BCUT2D eigenvalue weighted by Crippen LogP contribution is 2.31. The van der Waals surface area contributed by atoms with E-state index >= 15 is 0 Å². The number of rotatable bonds is 6. The lowest BCUT2D eigenvalue weighted by Crippen LogP contribution is -2.38. The second kappa shape index (κ2) is 7.62. The molecule has 3 nitrogen and oxygen atoms in total. The van der Waals surface area contributed by atoms with E-state index in [1.54, 1.807) is 0 Å². The van der Waals surface area contributed by atoms with Gasteiger partial charge in [0.1, 0.15) is 0 Å². The Hall–Kier alpha value is -0.570. The van der Waals surface area contributed by atoms with E-state index in [1.165, 1.54) is 32.1 Å². The van der Waals surface area contributed by atoms with Gasteiger partial charge < -0.3 is 4.90 Å². The van der Waals surface area contributed by atoms with Crippen LogP contribution in [0.15, 0.2) is 0 Å². The number of nitrogens with zero attached hydrogens (tertiary/aromatic N) is 1. The van der Waals surface area contributed by atoms with Gasteiger partial charge in [-0.2, -0.15) is 0 Å². The summed E-state index contributed by atoms with van der Waals surface area (Å²) in [6.45, 7) is 9.87. The first-order chi connectivity index (χ1) is 10.1. The average Bonchev–Trinajstić information content (AvgIpc) is 2.80. The molecular weight excluding hydrogens is 260 g/mol. The SMILES string of the molecule is CCC(C)C1NC(CC)N(CCC2CCCC(C)C2)C1=O. The fraction of sp³-hybridized carbons (Fsp3) is 0.944. The van der Waals surface area contributed by atoms with Crippen molar-refractivity contribution in [3.05, 3.63) is 0 Å². The van der Waals surface area contributed by atoms with E-state index in [4.69, 9.17) is 0 Å². The summed E-state index contributed by atoms with van der Waals surface area (Å²) in [6, 6.07) is 0.0465. The molecule has 1 N–H and O–H groups in total. The predicted molar refractivity (Wildman–Crippen MR) is 87.9 cm³/mol. The van der Waals surface area contributed by atoms with Crippen LogP contribution in [-0.2, 0) is 4.79 Å². The van der Waals surface area contributed by atoms with Gasteiger partial charge in [-0.1, -0.05) is 53.4 Å². The summed E-state index contributed by atoms with van der Waals surface area (Å²) in [5, 5.41) is 3.56. The number of nitrogens with one attached hydrogen (secondary N) is 1. The Bertz CT molecular complexity index is 344. The van der Waals surface area contributed by atoms with Crippen molar-refractivity contribution in [2.75, 3.05) is 6.54 Å². The van der Waals surface area contributed by atoms with Crippen molar-refractivity contribution in [2.24, 2.45) is 17.8 Å². The van der Waals surface area contributed by atoms with Gasteiger partial charge >= 0.3 is 0 Å². The van der Waals surface area contributed by atoms with Crippen LogP contribution in [0.1, 0.15) is 72.6 Å². The summed E-state index contributed by atoms with van der Waals surface area (Å²) in [6.07, 6.45) is 9.04. The van der Waals surface area contributed by atoms with Gasteiger partial charge in [-0.15, -0.1) is 0 Å². The highest BCUT2D eigenvalue weighted by atomic mass is 16.2. The van der Waals surface area contributed by atoms with Gasteiger partial charge in [-0.25, -0.2) is 0 Å². The minimum atomic E-state index is 0.0465. The smallest absolute Gasteiger partial charge is 0.241 e. The summed E-state index contributed by atoms with van der Waals surface area (Å²) < 4.78 is 0. The molecule has 1 saturated carbocycles. The molecule has 5 atom stereocenters. The van der Waals surface area contributed by atoms with Crippen molar-refractivity contribution < 1.29 is 4.79 Å². The zero-order valence-corrected chi connectivity index (χ0v) is 14.4. The molecule has 0 spiro atoms. The van der Waals surface area contributed by atoms with Crippen molar-refractivity contribution in [3.8, 4) is 0 Å². The highest BCUT2D eigenvalue weighted by molar-refractivity contribution is 5.84. The van der Waals surface area contributed by atoms with Crippen LogP contribution in [0.2, 0.25) is 0 Å². The van der Waals surface area contributed by atoms with Crippen LogP contribution in [0.4, 0.5) is 0 Å². The lowest BCUT2D eigenvalue weighted by Gasteiger charge is -2.30. The van der Waals surface area contributed by atoms with E-state index in [0.29, 0.717) is 11.8 Å². The maximum atomic E-state index is 12.7. The Morgan fingerprint density at radius 1 is 1.33 bits per heavy atom. The first kappa shape index (κ1) is 16.8. The lowest BCUT2D eigenvalue weighted by atomic mass is 9.81. The number of carbonyl (C=O) groups is 1. The predicted octanol–water partition coefficient (Wildman–Crippen LogP) is 3.79. The molecule has 0 aromatic rings. The molecule has 2 aliphatic rings. The summed E-state index contributed by atoms with van der Waals surface area (Å²) in [5.41, 5.74) is 0. The van der Waals surface area contributed by atoms with Gasteiger partial charge in [0.05, 0.1) is 12.2 Å². The zero-order valence-electron chi connectivity index (χ0n) is 14.4. The van der Waals surface area contributed by atoms with Crippen molar-refractivity contribution in [1.82, 2.24) is 10.2 Å². The molecule has 0 radical (unpaired) electrons. The molecule has 1 saturated heterocycles. The molecule has 1 aliphatic carbocycles. The Morgan fingerprint density at radius 3 is 2.71 bits per heavy atom. The van der Waals surface area contributed by atoms with E-state index in [0.717, 1.165) is 31.2 Å². The molecular formula is C18H34N2O. The molecule has 1 heterocycles. The number of carbonyl (C=O) groups excluding carboxylic acids is 1. The largest absolute Gasteiger partial charge is 0.326 e. The number of hydrogen-bond acceptors (Lipinski definition) is 2. The minimum Gasteiger partial charge on any atom is -0.326 e. The lowest BCUT2D eigenvalue weighted by molar-refractivity contribution is -0.131. The van der Waals surface area contributed by atoms with Crippen molar-refractivity contribution >= 4 is 5.91 Å². The van der Waals surface area contributed by atoms with E-state index in [-0.39, 0.29) is 12.2 Å². The normalized spacial score (nSPS) is 35.2. The fourth-order valence-corrected chi connectivity index (χ4v) is 4.09. The van der Waals surface area contributed by atoms with Crippen LogP contribution in [0.5, 0.6) is 0 Å². The quantitative estimate of drug-likeness (QED) is 0.808. The van der Waals surface area contributed by atoms with Crippen molar-refractivity contribution in [1.29, 1.82) is 0 Å². The first-order valence-corrected chi connectivity index (χ1v) is 9.13. The van der Waals surface area contributed by atoms with E-state index < -0.39 is 0 Å². The number of amides is 1. The molecule has 122 valence electrons. The fourth-order valence-electron chi connectivity index (χ4n) is 4.09. The van der Waals surface area contributed by atoms with Gasteiger partial charge in [0.15, 0.2) is 0 Å². The van der Waals surface area contributed by atoms with E-state index in [9.17, 15) is 4.79 Å². The molecule has 21 heavy (non-hydrogen) atoms. The van der Waals surface area contributed by atoms with Crippen molar-refractivity contribution in [3.63, 3.8) is 0 Å². The molecule has 3 heteroatoms. The number of hydrogen-bond donors (Lipinski definition) is 1. The molecule has 2 fully saturated rings. The standard InChI is InChI=1S/C18H34N2O/c1-5-14(4)17-18(21)20(16(6-2)19-17)11-10-15-9-7-8-13(3)12-15/h13-17,19H,5-12H2,1-4H3. The maximum Gasteiger partial charge on any atom is 0.241 e. The summed E-state index contributed by atoms with van der Waals surface area (Å²) in [7, 11) is 0. The Labute approximate surface area is 130 Å². The van der Waals surface area contributed by atoms with Crippen LogP contribution in [0, 0.1) is 17.8 Å². The molecule has 0 aromatic carbocycles. The van der Waals surface area contributed by atoms with Crippen molar-refractivity contribution in [2.45, 2.75) is 84.8 Å². The van der Waals surface area contributed by atoms with Gasteiger partial charge in [0.2, 0.25) is 5.91 Å². The highest BCUT2D eigenvalue weighted by Gasteiger charge is 2.40. The van der Waals surface area contributed by atoms with Crippen LogP contribution in [0.25, 0.3) is 0 Å². The third-order valence-electron chi connectivity index (χ3n) is 5.72. The van der Waals surface area contributed by atoms with Gasteiger partial charge in [0, 0.05) is 6.54 Å². The molecule has 1 aliphatic heterocycles. The summed E-state index contributed by atoms with van der Waals surface area (Å²) in [5.74, 6) is 2.50. The van der Waals surface area contributed by atoms with Crippen LogP contribution < -0.4 is 5.32 Å². The van der Waals surface area contributed by atoms with Gasteiger partial charge in [-0.3, -0.25) is 10.1 Å². The minimum absolute atomic E-state index is 0.0465. The second-order valence-electron chi connectivity index (χ2n) is 7.41. The Kier molecular flexibility index (Phi) is 6.09. The van der Waals surface area contributed by atoms with Crippen LogP contribution in [0.3, 0.4) is 0 Å². The van der Waals surface area contributed by atoms with E-state index in [2.05, 4.69) is 37.9 Å². The topological polar surface area (TPSA) is 32.3 Å². The van der Waals surface area contributed by atoms with E-state index in [1.807, 2.05) is 0 Å². The monoisotopic (exact) mass is 294 g/mol. The molecule has 2 rings (SSSR count). The molecule has 5 unspecified atom stereocenters. The zero-order chi connectivity index (χ0) is 15.4. The molecule has 0 bridgehead atoms. The molecule has 0 aromatic heterocycles. The second-order valence-corrected chi connectivity index (χ2v) is 7.41. The third kappa shape index (κ3) is 4.00. The van der Waals surface area contributed by atoms with Gasteiger partial charge in [-0.05, 0) is 37.0 Å².